The van der Waals surface area contributed by atoms with Gasteiger partial charge in [-0.15, -0.1) is 0 Å². The van der Waals surface area contributed by atoms with Gasteiger partial charge in [-0.05, 0) is 31.5 Å². The molecule has 0 aliphatic rings. The predicted octanol–water partition coefficient (Wildman–Crippen LogP) is 4.29. The SMILES string of the molecule is Cc1ccc(F)c(NC(C)c2ccc(F)cc2O)c1F. The van der Waals surface area contributed by atoms with Gasteiger partial charge in [0, 0.05) is 11.6 Å². The molecule has 0 amide bonds. The molecule has 2 nitrogen and oxygen atoms in total. The number of rotatable bonds is 3. The number of aromatic hydroxyl groups is 1. The van der Waals surface area contributed by atoms with Crippen LogP contribution in [0.4, 0.5) is 18.9 Å². The summed E-state index contributed by atoms with van der Waals surface area (Å²) < 4.78 is 40.4. The molecule has 0 aliphatic heterocycles. The van der Waals surface area contributed by atoms with Crippen LogP contribution in [-0.4, -0.2) is 5.11 Å². The zero-order chi connectivity index (χ0) is 14.9. The van der Waals surface area contributed by atoms with E-state index in [-0.39, 0.29) is 11.4 Å². The van der Waals surface area contributed by atoms with Crippen LogP contribution in [0.1, 0.15) is 24.1 Å². The number of nitrogens with one attached hydrogen (secondary N) is 1. The first-order chi connectivity index (χ1) is 9.40. The van der Waals surface area contributed by atoms with Crippen molar-refractivity contribution in [1.82, 2.24) is 0 Å². The number of hydrogen-bond acceptors (Lipinski definition) is 2. The second kappa shape index (κ2) is 5.45. The minimum atomic E-state index is -0.721. The topological polar surface area (TPSA) is 32.3 Å². The first kappa shape index (κ1) is 14.2. The third-order valence-corrected chi connectivity index (χ3v) is 3.10. The van der Waals surface area contributed by atoms with Gasteiger partial charge in [-0.1, -0.05) is 12.1 Å². The molecule has 0 heterocycles. The van der Waals surface area contributed by atoms with Crippen molar-refractivity contribution in [3.05, 3.63) is 58.9 Å². The van der Waals surface area contributed by atoms with E-state index in [4.69, 9.17) is 0 Å². The highest BCUT2D eigenvalue weighted by Crippen LogP contribution is 2.30. The summed E-state index contributed by atoms with van der Waals surface area (Å²) in [5, 5.41) is 12.3. The molecule has 0 spiro atoms. The predicted molar refractivity (Wildman–Crippen MR) is 71.2 cm³/mol. The number of phenols is 1. The maximum Gasteiger partial charge on any atom is 0.152 e. The molecule has 1 unspecified atom stereocenters. The normalized spacial score (nSPS) is 12.2. The summed E-state index contributed by atoms with van der Waals surface area (Å²) >= 11 is 0. The molecular weight excluding hydrogens is 267 g/mol. The standard InChI is InChI=1S/C15H14F3NO/c1-8-3-6-12(17)15(14(8)18)19-9(2)11-5-4-10(16)7-13(11)20/h3-7,9,19-20H,1-2H3. The molecule has 0 fully saturated rings. The van der Waals surface area contributed by atoms with Crippen LogP contribution < -0.4 is 5.32 Å². The Morgan fingerprint density at radius 2 is 1.80 bits per heavy atom. The largest absolute Gasteiger partial charge is 0.507 e. The molecule has 2 aromatic rings. The lowest BCUT2D eigenvalue weighted by atomic mass is 10.1. The van der Waals surface area contributed by atoms with Crippen molar-refractivity contribution in [2.24, 2.45) is 0 Å². The van der Waals surface area contributed by atoms with E-state index in [0.717, 1.165) is 12.1 Å². The molecule has 0 aliphatic carbocycles. The fourth-order valence-electron chi connectivity index (χ4n) is 1.97. The summed E-state index contributed by atoms with van der Waals surface area (Å²) in [5.74, 6) is -2.25. The molecule has 0 saturated carbocycles. The zero-order valence-electron chi connectivity index (χ0n) is 11.0. The molecule has 20 heavy (non-hydrogen) atoms. The van der Waals surface area contributed by atoms with Crippen LogP contribution in [0.15, 0.2) is 30.3 Å². The number of aryl methyl sites for hydroxylation is 1. The average Bonchev–Trinajstić information content (AvgIpc) is 2.39. The Balaban J connectivity index is 2.32. The molecule has 2 rings (SSSR count). The Bertz CT molecular complexity index is 643. The molecule has 0 bridgehead atoms. The number of anilines is 1. The summed E-state index contributed by atoms with van der Waals surface area (Å²) in [5.41, 5.74) is 0.400. The maximum atomic E-state index is 13.9. The molecule has 2 aromatic carbocycles. The third kappa shape index (κ3) is 2.71. The van der Waals surface area contributed by atoms with Crippen molar-refractivity contribution in [3.63, 3.8) is 0 Å². The average molecular weight is 281 g/mol. The van der Waals surface area contributed by atoms with Gasteiger partial charge < -0.3 is 10.4 Å². The van der Waals surface area contributed by atoms with Crippen molar-refractivity contribution >= 4 is 5.69 Å². The Hall–Kier alpha value is -2.17. The Morgan fingerprint density at radius 3 is 2.45 bits per heavy atom. The Morgan fingerprint density at radius 1 is 1.10 bits per heavy atom. The fourth-order valence-corrected chi connectivity index (χ4v) is 1.97. The smallest absolute Gasteiger partial charge is 0.152 e. The Labute approximate surface area is 114 Å². The minimum Gasteiger partial charge on any atom is -0.507 e. The van der Waals surface area contributed by atoms with Crippen molar-refractivity contribution < 1.29 is 18.3 Å². The third-order valence-electron chi connectivity index (χ3n) is 3.10. The summed E-state index contributed by atoms with van der Waals surface area (Å²) in [7, 11) is 0. The number of hydrogen-bond donors (Lipinski definition) is 2. The van der Waals surface area contributed by atoms with E-state index in [1.54, 1.807) is 6.92 Å². The van der Waals surface area contributed by atoms with E-state index < -0.39 is 23.5 Å². The van der Waals surface area contributed by atoms with E-state index in [9.17, 15) is 18.3 Å². The lowest BCUT2D eigenvalue weighted by Crippen LogP contribution is -2.10. The fraction of sp³-hybridized carbons (Fsp3) is 0.200. The first-order valence-corrected chi connectivity index (χ1v) is 6.09. The van der Waals surface area contributed by atoms with Gasteiger partial charge in [0.05, 0.1) is 6.04 Å². The highest BCUT2D eigenvalue weighted by atomic mass is 19.1. The summed E-state index contributed by atoms with van der Waals surface area (Å²) in [6.45, 7) is 3.15. The maximum absolute atomic E-state index is 13.9. The van der Waals surface area contributed by atoms with Crippen LogP contribution in [0.2, 0.25) is 0 Å². The summed E-state index contributed by atoms with van der Waals surface area (Å²) in [6.07, 6.45) is 0. The van der Waals surface area contributed by atoms with E-state index in [2.05, 4.69) is 5.32 Å². The van der Waals surface area contributed by atoms with Gasteiger partial charge in [-0.2, -0.15) is 0 Å². The molecule has 0 aromatic heterocycles. The van der Waals surface area contributed by atoms with Crippen LogP contribution in [0.3, 0.4) is 0 Å². The lowest BCUT2D eigenvalue weighted by Gasteiger charge is -2.18. The van der Waals surface area contributed by atoms with Crippen LogP contribution in [0, 0.1) is 24.4 Å². The van der Waals surface area contributed by atoms with Gasteiger partial charge in [0.2, 0.25) is 0 Å². The van der Waals surface area contributed by atoms with Crippen molar-refractivity contribution in [3.8, 4) is 5.75 Å². The van der Waals surface area contributed by atoms with E-state index in [1.165, 1.54) is 25.1 Å². The van der Waals surface area contributed by atoms with Gasteiger partial charge in [-0.3, -0.25) is 0 Å². The highest BCUT2D eigenvalue weighted by molar-refractivity contribution is 5.51. The molecule has 106 valence electrons. The van der Waals surface area contributed by atoms with Gasteiger partial charge >= 0.3 is 0 Å². The van der Waals surface area contributed by atoms with E-state index in [0.29, 0.717) is 11.1 Å². The van der Waals surface area contributed by atoms with Crippen molar-refractivity contribution in [2.75, 3.05) is 5.32 Å². The number of halogens is 3. The molecule has 0 radical (unpaired) electrons. The summed E-state index contributed by atoms with van der Waals surface area (Å²) in [4.78, 5) is 0. The first-order valence-electron chi connectivity index (χ1n) is 6.09. The number of benzene rings is 2. The second-order valence-corrected chi connectivity index (χ2v) is 4.62. The van der Waals surface area contributed by atoms with Gasteiger partial charge in [0.1, 0.15) is 23.1 Å². The Kier molecular flexibility index (Phi) is 3.88. The van der Waals surface area contributed by atoms with Crippen LogP contribution in [-0.2, 0) is 0 Å². The zero-order valence-corrected chi connectivity index (χ0v) is 11.0. The quantitative estimate of drug-likeness (QED) is 0.879. The second-order valence-electron chi connectivity index (χ2n) is 4.62. The highest BCUT2D eigenvalue weighted by Gasteiger charge is 2.17. The van der Waals surface area contributed by atoms with Gasteiger partial charge in [-0.25, -0.2) is 13.2 Å². The van der Waals surface area contributed by atoms with Crippen molar-refractivity contribution in [2.45, 2.75) is 19.9 Å². The van der Waals surface area contributed by atoms with Gasteiger partial charge in [0.25, 0.3) is 0 Å². The van der Waals surface area contributed by atoms with Crippen LogP contribution in [0.25, 0.3) is 0 Å². The minimum absolute atomic E-state index is 0.263. The molecule has 5 heteroatoms. The van der Waals surface area contributed by atoms with E-state index >= 15 is 0 Å². The molecule has 2 N–H and O–H groups in total. The van der Waals surface area contributed by atoms with Crippen molar-refractivity contribution in [1.29, 1.82) is 0 Å². The van der Waals surface area contributed by atoms with Crippen LogP contribution >= 0.6 is 0 Å². The van der Waals surface area contributed by atoms with Gasteiger partial charge in [0.15, 0.2) is 5.82 Å². The molecule has 0 saturated heterocycles. The molecular formula is C15H14F3NO. The lowest BCUT2D eigenvalue weighted by molar-refractivity contribution is 0.458. The molecule has 1 atom stereocenters. The summed E-state index contributed by atoms with van der Waals surface area (Å²) in [6, 6.07) is 5.43. The monoisotopic (exact) mass is 281 g/mol. The number of phenolic OH excluding ortho intramolecular Hbond substituents is 1. The van der Waals surface area contributed by atoms with E-state index in [1.807, 2.05) is 0 Å². The van der Waals surface area contributed by atoms with Crippen LogP contribution in [0.5, 0.6) is 5.75 Å².